The molecule has 2 N–H and O–H groups in total. The average molecular weight is 292 g/mol. The van der Waals surface area contributed by atoms with Crippen LogP contribution in [0.2, 0.25) is 5.02 Å². The van der Waals surface area contributed by atoms with Crippen molar-refractivity contribution < 1.29 is 9.88 Å². The Morgan fingerprint density at radius 1 is 1.10 bits per heavy atom. The van der Waals surface area contributed by atoms with E-state index < -0.39 is 0 Å². The lowest BCUT2D eigenvalue weighted by atomic mass is 10.2. The minimum Gasteiger partial charge on any atom is -0.337 e. The molecule has 0 bridgehead atoms. The van der Waals surface area contributed by atoms with Crippen LogP contribution in [0.25, 0.3) is 0 Å². The van der Waals surface area contributed by atoms with Gasteiger partial charge in [-0.05, 0) is 23.8 Å². The van der Waals surface area contributed by atoms with E-state index in [0.29, 0.717) is 0 Å². The highest BCUT2D eigenvalue weighted by molar-refractivity contribution is 6.30. The Morgan fingerprint density at radius 3 is 2.45 bits per heavy atom. The molecule has 2 rings (SSSR count). The summed E-state index contributed by atoms with van der Waals surface area (Å²) in [6, 6.07) is 14.2. The number of pyridine rings is 1. The Hall–Kier alpha value is -1.58. The first-order valence-electron chi connectivity index (χ1n) is 6.90. The van der Waals surface area contributed by atoms with E-state index in [0.717, 1.165) is 30.5 Å². The number of hydrogen-bond acceptors (Lipinski definition) is 1. The van der Waals surface area contributed by atoms with E-state index in [-0.39, 0.29) is 0 Å². The van der Waals surface area contributed by atoms with Crippen LogP contribution in [0.3, 0.4) is 0 Å². The summed E-state index contributed by atoms with van der Waals surface area (Å²) < 4.78 is 0. The maximum atomic E-state index is 5.94. The molecule has 0 spiro atoms. The van der Waals surface area contributed by atoms with Crippen LogP contribution in [0.15, 0.2) is 48.7 Å². The molecule has 2 aromatic rings. The third kappa shape index (κ3) is 4.51. The van der Waals surface area contributed by atoms with E-state index in [1.54, 1.807) is 0 Å². The number of quaternary nitrogens is 1. The Balaban J connectivity index is 2.12. The van der Waals surface area contributed by atoms with Crippen molar-refractivity contribution in [3.05, 3.63) is 59.2 Å². The van der Waals surface area contributed by atoms with Gasteiger partial charge in [-0.1, -0.05) is 29.8 Å². The van der Waals surface area contributed by atoms with Crippen molar-refractivity contribution in [1.29, 1.82) is 0 Å². The maximum Gasteiger partial charge on any atom is 0.274 e. The van der Waals surface area contributed by atoms with Crippen molar-refractivity contribution in [3.8, 4) is 0 Å². The van der Waals surface area contributed by atoms with Crippen LogP contribution >= 0.6 is 11.6 Å². The summed E-state index contributed by atoms with van der Waals surface area (Å²) in [6.07, 6.45) is 1.96. The SMILES string of the molecule is C[NH+](C)CCN(Cc1ccc(Cl)cc1)c1cccc[nH+]1. The van der Waals surface area contributed by atoms with E-state index in [1.807, 2.05) is 24.4 Å². The van der Waals surface area contributed by atoms with Crippen LogP contribution in [0.4, 0.5) is 5.82 Å². The Kier molecular flexibility index (Phi) is 5.39. The monoisotopic (exact) mass is 291 g/mol. The molecule has 0 aliphatic carbocycles. The number of nitrogens with zero attached hydrogens (tertiary/aromatic N) is 1. The minimum absolute atomic E-state index is 0.782. The van der Waals surface area contributed by atoms with E-state index >= 15 is 0 Å². The molecular formula is C16H22ClN3+2. The van der Waals surface area contributed by atoms with Gasteiger partial charge in [0.15, 0.2) is 0 Å². The van der Waals surface area contributed by atoms with Gasteiger partial charge in [0.25, 0.3) is 5.82 Å². The van der Waals surface area contributed by atoms with Crippen LogP contribution in [0.1, 0.15) is 5.56 Å². The predicted octanol–water partition coefficient (Wildman–Crippen LogP) is 1.31. The number of anilines is 1. The molecule has 1 aromatic heterocycles. The first kappa shape index (κ1) is 14.8. The number of H-pyrrole nitrogens is 1. The third-order valence-corrected chi connectivity index (χ3v) is 3.45. The van der Waals surface area contributed by atoms with Crippen molar-refractivity contribution >= 4 is 17.4 Å². The van der Waals surface area contributed by atoms with E-state index in [1.165, 1.54) is 10.5 Å². The lowest BCUT2D eigenvalue weighted by molar-refractivity contribution is -0.856. The standard InChI is InChI=1S/C16H20ClN3/c1-19(2)11-12-20(16-5-3-4-10-18-16)13-14-6-8-15(17)9-7-14/h3-10H,11-13H2,1-2H3/p+2. The number of halogens is 1. The lowest BCUT2D eigenvalue weighted by Gasteiger charge is -2.17. The van der Waals surface area contributed by atoms with Crippen LogP contribution < -0.4 is 14.8 Å². The van der Waals surface area contributed by atoms with Crippen LogP contribution in [0, 0.1) is 0 Å². The van der Waals surface area contributed by atoms with E-state index in [4.69, 9.17) is 11.6 Å². The van der Waals surface area contributed by atoms with E-state index in [9.17, 15) is 0 Å². The summed E-state index contributed by atoms with van der Waals surface area (Å²) >= 11 is 5.94. The van der Waals surface area contributed by atoms with Gasteiger partial charge in [0.1, 0.15) is 19.6 Å². The molecule has 0 atom stereocenters. The number of likely N-dealkylation sites (N-methyl/N-ethyl adjacent to an activating group) is 1. The molecule has 4 heteroatoms. The molecular weight excluding hydrogens is 270 g/mol. The third-order valence-electron chi connectivity index (χ3n) is 3.20. The molecule has 0 unspecified atom stereocenters. The molecule has 0 aliphatic rings. The summed E-state index contributed by atoms with van der Waals surface area (Å²) in [5, 5.41) is 0.782. The summed E-state index contributed by atoms with van der Waals surface area (Å²) in [7, 11) is 4.35. The molecule has 106 valence electrons. The van der Waals surface area contributed by atoms with Gasteiger partial charge in [-0.15, -0.1) is 0 Å². The molecule has 1 heterocycles. The number of aromatic amines is 1. The maximum absolute atomic E-state index is 5.94. The van der Waals surface area contributed by atoms with Gasteiger partial charge in [0, 0.05) is 11.1 Å². The normalized spacial score (nSPS) is 10.8. The number of aromatic nitrogens is 1. The average Bonchev–Trinajstić information content (AvgIpc) is 2.46. The van der Waals surface area contributed by atoms with Crippen molar-refractivity contribution in [1.82, 2.24) is 0 Å². The Bertz CT molecular complexity index is 511. The zero-order chi connectivity index (χ0) is 14.4. The molecule has 0 amide bonds. The number of nitrogens with one attached hydrogen (secondary N) is 2. The smallest absolute Gasteiger partial charge is 0.274 e. The zero-order valence-corrected chi connectivity index (χ0v) is 12.8. The molecule has 20 heavy (non-hydrogen) atoms. The van der Waals surface area contributed by atoms with Crippen LogP contribution in [0.5, 0.6) is 0 Å². The summed E-state index contributed by atoms with van der Waals surface area (Å²) in [5.74, 6) is 1.14. The molecule has 1 aromatic carbocycles. The van der Waals surface area contributed by atoms with Crippen molar-refractivity contribution in [3.63, 3.8) is 0 Å². The van der Waals surface area contributed by atoms with Crippen molar-refractivity contribution in [2.45, 2.75) is 6.54 Å². The minimum atomic E-state index is 0.782. The molecule has 3 nitrogen and oxygen atoms in total. The van der Waals surface area contributed by atoms with Crippen LogP contribution in [-0.4, -0.2) is 27.2 Å². The summed E-state index contributed by atoms with van der Waals surface area (Å²) in [6.45, 7) is 2.98. The summed E-state index contributed by atoms with van der Waals surface area (Å²) in [4.78, 5) is 7.12. The Morgan fingerprint density at radius 2 is 1.85 bits per heavy atom. The predicted molar refractivity (Wildman–Crippen MR) is 83.2 cm³/mol. The second kappa shape index (κ2) is 7.27. The van der Waals surface area contributed by atoms with Gasteiger partial charge in [-0.25, -0.2) is 4.98 Å². The van der Waals surface area contributed by atoms with Gasteiger partial charge in [0.05, 0.1) is 20.3 Å². The number of rotatable bonds is 6. The van der Waals surface area contributed by atoms with Gasteiger partial charge >= 0.3 is 0 Å². The number of benzene rings is 1. The van der Waals surface area contributed by atoms with Gasteiger partial charge < -0.3 is 4.90 Å². The van der Waals surface area contributed by atoms with Crippen LogP contribution in [-0.2, 0) is 6.54 Å². The topological polar surface area (TPSA) is 21.8 Å². The fourth-order valence-corrected chi connectivity index (χ4v) is 2.16. The first-order chi connectivity index (χ1) is 9.65. The second-order valence-corrected chi connectivity index (χ2v) is 5.69. The molecule has 0 fully saturated rings. The highest BCUT2D eigenvalue weighted by Gasteiger charge is 2.16. The molecule has 0 saturated heterocycles. The highest BCUT2D eigenvalue weighted by atomic mass is 35.5. The summed E-state index contributed by atoms with van der Waals surface area (Å²) in [5.41, 5.74) is 1.26. The fraction of sp³-hybridized carbons (Fsp3) is 0.312. The molecule has 0 saturated carbocycles. The van der Waals surface area contributed by atoms with Gasteiger partial charge in [0.2, 0.25) is 0 Å². The van der Waals surface area contributed by atoms with Crippen molar-refractivity contribution in [2.24, 2.45) is 0 Å². The van der Waals surface area contributed by atoms with Gasteiger partial charge in [-0.2, -0.15) is 0 Å². The quantitative estimate of drug-likeness (QED) is 0.851. The second-order valence-electron chi connectivity index (χ2n) is 5.25. The fourth-order valence-electron chi connectivity index (χ4n) is 2.03. The van der Waals surface area contributed by atoms with Gasteiger partial charge in [-0.3, -0.25) is 4.90 Å². The lowest BCUT2D eigenvalue weighted by Crippen LogP contribution is -3.06. The largest absolute Gasteiger partial charge is 0.337 e. The van der Waals surface area contributed by atoms with E-state index in [2.05, 4.69) is 48.2 Å². The van der Waals surface area contributed by atoms with Crippen molar-refractivity contribution in [2.75, 3.05) is 32.1 Å². The molecule has 0 radical (unpaired) electrons. The highest BCUT2D eigenvalue weighted by Crippen LogP contribution is 2.14. The molecule has 0 aliphatic heterocycles. The zero-order valence-electron chi connectivity index (χ0n) is 12.1. The number of hydrogen-bond donors (Lipinski definition) is 1. The first-order valence-corrected chi connectivity index (χ1v) is 7.28. The Labute approximate surface area is 125 Å².